The van der Waals surface area contributed by atoms with Crippen LogP contribution in [0.15, 0.2) is 47.4 Å². The number of carbonyl (C=O) groups is 1. The van der Waals surface area contributed by atoms with E-state index in [1.165, 1.54) is 6.26 Å². The van der Waals surface area contributed by atoms with Gasteiger partial charge in [0.1, 0.15) is 11.9 Å². The molecule has 0 spiro atoms. The van der Waals surface area contributed by atoms with Crippen molar-refractivity contribution < 1.29 is 17.9 Å². The maximum Gasteiger partial charge on any atom is 0.237 e. The summed E-state index contributed by atoms with van der Waals surface area (Å²) in [4.78, 5) is 15.0. The predicted octanol–water partition coefficient (Wildman–Crippen LogP) is 2.66. The Labute approximate surface area is 178 Å². The number of hydrogen-bond donors (Lipinski definition) is 1. The zero-order valence-electron chi connectivity index (χ0n) is 17.4. The fourth-order valence-corrected chi connectivity index (χ4v) is 4.88. The van der Waals surface area contributed by atoms with E-state index in [1.54, 1.807) is 12.1 Å². The molecule has 0 aromatic heterocycles. The van der Waals surface area contributed by atoms with E-state index >= 15 is 0 Å². The van der Waals surface area contributed by atoms with Crippen LogP contribution in [0.1, 0.15) is 24.8 Å². The van der Waals surface area contributed by atoms with Crippen molar-refractivity contribution in [1.29, 1.82) is 0 Å². The third-order valence-electron chi connectivity index (χ3n) is 5.99. The third-order valence-corrected chi connectivity index (χ3v) is 7.12. The van der Waals surface area contributed by atoms with Gasteiger partial charge in [-0.15, -0.1) is 0 Å². The minimum atomic E-state index is -3.20. The quantitative estimate of drug-likeness (QED) is 0.792. The summed E-state index contributed by atoms with van der Waals surface area (Å²) >= 11 is 0. The van der Waals surface area contributed by atoms with Crippen LogP contribution in [0, 0.1) is 0 Å². The number of ether oxygens (including phenoxy) is 1. The fraction of sp³-hybridized carbons (Fsp3) is 0.435. The van der Waals surface area contributed by atoms with Crippen molar-refractivity contribution in [2.45, 2.75) is 42.7 Å². The van der Waals surface area contributed by atoms with Crippen LogP contribution in [0.25, 0.3) is 11.1 Å². The molecular weight excluding hydrogens is 400 g/mol. The summed E-state index contributed by atoms with van der Waals surface area (Å²) in [6.07, 6.45) is 5.05. The second-order valence-corrected chi connectivity index (χ2v) is 10.3. The molecule has 0 radical (unpaired) electrons. The van der Waals surface area contributed by atoms with Crippen molar-refractivity contribution in [2.24, 2.45) is 0 Å². The number of hydrogen-bond acceptors (Lipinski definition) is 5. The molecule has 1 saturated heterocycles. The third kappa shape index (κ3) is 4.52. The number of nitrogens with one attached hydrogen (secondary N) is 1. The van der Waals surface area contributed by atoms with E-state index < -0.39 is 9.84 Å². The number of likely N-dealkylation sites (tertiary alicyclic amines) is 1. The average Bonchev–Trinajstić information content (AvgIpc) is 3.14. The number of sulfone groups is 1. The number of fused-ring (bicyclic) bond motifs is 1. The van der Waals surface area contributed by atoms with Gasteiger partial charge in [0.05, 0.1) is 17.5 Å². The second-order valence-electron chi connectivity index (χ2n) is 8.30. The van der Waals surface area contributed by atoms with Crippen molar-refractivity contribution in [2.75, 3.05) is 26.4 Å². The van der Waals surface area contributed by atoms with Crippen LogP contribution in [-0.4, -0.2) is 57.8 Å². The molecule has 7 heteroatoms. The van der Waals surface area contributed by atoms with Crippen LogP contribution < -0.4 is 10.1 Å². The Morgan fingerprint density at radius 1 is 1.13 bits per heavy atom. The monoisotopic (exact) mass is 428 g/mol. The molecule has 2 aliphatic heterocycles. The summed E-state index contributed by atoms with van der Waals surface area (Å²) < 4.78 is 29.3. The SMILES string of the molecule is CN1CCCC[C@@H]1C(=O)NC[C@H]1Cc2cc(-c3ccc(S(C)(=O)=O)cc3)ccc2O1. The van der Waals surface area contributed by atoms with Crippen molar-refractivity contribution in [3.8, 4) is 16.9 Å². The molecule has 0 aliphatic carbocycles. The first-order valence-corrected chi connectivity index (χ1v) is 12.3. The number of rotatable bonds is 5. The maximum atomic E-state index is 12.5. The molecular formula is C23H28N2O4S. The number of benzene rings is 2. The van der Waals surface area contributed by atoms with E-state index in [9.17, 15) is 13.2 Å². The first-order chi connectivity index (χ1) is 14.3. The lowest BCUT2D eigenvalue weighted by Crippen LogP contribution is -2.49. The molecule has 2 aromatic carbocycles. The van der Waals surface area contributed by atoms with Crippen LogP contribution in [-0.2, 0) is 21.1 Å². The molecule has 160 valence electrons. The van der Waals surface area contributed by atoms with Gasteiger partial charge in [-0.05, 0) is 67.4 Å². The molecule has 1 fully saturated rings. The highest BCUT2D eigenvalue weighted by atomic mass is 32.2. The maximum absolute atomic E-state index is 12.5. The fourth-order valence-electron chi connectivity index (χ4n) is 4.25. The van der Waals surface area contributed by atoms with Crippen molar-refractivity contribution in [1.82, 2.24) is 10.2 Å². The molecule has 4 rings (SSSR count). The Hall–Kier alpha value is -2.38. The van der Waals surface area contributed by atoms with Gasteiger partial charge in [0.2, 0.25) is 5.91 Å². The Kier molecular flexibility index (Phi) is 5.84. The van der Waals surface area contributed by atoms with Crippen LogP contribution in [0.2, 0.25) is 0 Å². The van der Waals surface area contributed by atoms with Gasteiger partial charge in [-0.2, -0.15) is 0 Å². The molecule has 2 atom stereocenters. The van der Waals surface area contributed by atoms with Crippen molar-refractivity contribution in [3.05, 3.63) is 48.0 Å². The lowest BCUT2D eigenvalue weighted by molar-refractivity contribution is -0.127. The number of piperidine rings is 1. The average molecular weight is 429 g/mol. The van der Waals surface area contributed by atoms with Crippen molar-refractivity contribution in [3.63, 3.8) is 0 Å². The molecule has 1 amide bonds. The smallest absolute Gasteiger partial charge is 0.237 e. The van der Waals surface area contributed by atoms with Gasteiger partial charge >= 0.3 is 0 Å². The summed E-state index contributed by atoms with van der Waals surface area (Å²) in [6.45, 7) is 1.47. The standard InChI is InChI=1S/C23H28N2O4S/c1-25-12-4-3-5-21(25)23(26)24-15-19-14-18-13-17(8-11-22(18)29-19)16-6-9-20(10-7-16)30(2,27)28/h6-11,13,19,21H,3-5,12,14-15H2,1-2H3,(H,24,26)/t19-,21-/m1/s1. The van der Waals surface area contributed by atoms with Crippen LogP contribution in [0.5, 0.6) is 5.75 Å². The normalized spacial score (nSPS) is 21.7. The van der Waals surface area contributed by atoms with E-state index in [2.05, 4.69) is 16.3 Å². The second kappa shape index (κ2) is 8.40. The number of likely N-dealkylation sites (N-methyl/N-ethyl adjacent to an activating group) is 1. The van der Waals surface area contributed by atoms with Gasteiger partial charge in [0.25, 0.3) is 0 Å². The summed E-state index contributed by atoms with van der Waals surface area (Å²) in [5.41, 5.74) is 3.09. The zero-order valence-corrected chi connectivity index (χ0v) is 18.2. The van der Waals surface area contributed by atoms with Gasteiger partial charge in [-0.3, -0.25) is 9.69 Å². The number of carbonyl (C=O) groups excluding carboxylic acids is 1. The Balaban J connectivity index is 1.38. The first kappa shape index (κ1) is 20.9. The minimum Gasteiger partial charge on any atom is -0.488 e. The van der Waals surface area contributed by atoms with Crippen LogP contribution in [0.4, 0.5) is 0 Å². The molecule has 0 unspecified atom stereocenters. The summed E-state index contributed by atoms with van der Waals surface area (Å²) in [7, 11) is -1.19. The molecule has 0 bridgehead atoms. The largest absolute Gasteiger partial charge is 0.488 e. The Morgan fingerprint density at radius 3 is 2.57 bits per heavy atom. The minimum absolute atomic E-state index is 0.0379. The van der Waals surface area contributed by atoms with E-state index in [0.717, 1.165) is 54.7 Å². The van der Waals surface area contributed by atoms with Gasteiger partial charge in [0.15, 0.2) is 9.84 Å². The van der Waals surface area contributed by atoms with Crippen molar-refractivity contribution >= 4 is 15.7 Å². The zero-order chi connectivity index (χ0) is 21.3. The first-order valence-electron chi connectivity index (χ1n) is 10.4. The van der Waals surface area contributed by atoms with E-state index in [0.29, 0.717) is 11.4 Å². The van der Waals surface area contributed by atoms with Gasteiger partial charge in [-0.1, -0.05) is 24.6 Å². The lowest BCUT2D eigenvalue weighted by atomic mass is 10.0. The van der Waals surface area contributed by atoms with Crippen LogP contribution in [0.3, 0.4) is 0 Å². The molecule has 2 aromatic rings. The van der Waals surface area contributed by atoms with E-state index in [-0.39, 0.29) is 18.1 Å². The number of nitrogens with zero attached hydrogens (tertiary/aromatic N) is 1. The molecule has 1 N–H and O–H groups in total. The Morgan fingerprint density at radius 2 is 1.87 bits per heavy atom. The highest BCUT2D eigenvalue weighted by molar-refractivity contribution is 7.90. The van der Waals surface area contributed by atoms with Gasteiger partial charge in [0, 0.05) is 12.7 Å². The van der Waals surface area contributed by atoms with Crippen LogP contribution >= 0.6 is 0 Å². The molecule has 2 aliphatic rings. The molecule has 0 saturated carbocycles. The van der Waals surface area contributed by atoms with Gasteiger partial charge in [-0.25, -0.2) is 8.42 Å². The Bertz CT molecular complexity index is 1030. The topological polar surface area (TPSA) is 75.7 Å². The highest BCUT2D eigenvalue weighted by Crippen LogP contribution is 2.33. The van der Waals surface area contributed by atoms with E-state index in [1.807, 2.05) is 31.3 Å². The van der Waals surface area contributed by atoms with E-state index in [4.69, 9.17) is 4.74 Å². The van der Waals surface area contributed by atoms with Gasteiger partial charge < -0.3 is 10.1 Å². The summed E-state index contributed by atoms with van der Waals surface area (Å²) in [5.74, 6) is 0.934. The predicted molar refractivity (Wildman–Crippen MR) is 116 cm³/mol. The summed E-state index contributed by atoms with van der Waals surface area (Å²) in [6, 6.07) is 12.9. The molecule has 6 nitrogen and oxygen atoms in total. The highest BCUT2D eigenvalue weighted by Gasteiger charge is 2.28. The summed E-state index contributed by atoms with van der Waals surface area (Å²) in [5, 5.41) is 3.06. The molecule has 2 heterocycles. The lowest BCUT2D eigenvalue weighted by Gasteiger charge is -2.31. The molecule has 30 heavy (non-hydrogen) atoms. The number of amides is 1.